The van der Waals surface area contributed by atoms with E-state index >= 15 is 0 Å². The van der Waals surface area contributed by atoms with Crippen LogP contribution in [0.1, 0.15) is 16.7 Å². The van der Waals surface area contributed by atoms with Gasteiger partial charge in [-0.3, -0.25) is 4.90 Å². The number of carbonyl (C=O) groups excluding carboxylic acids is 1. The lowest BCUT2D eigenvalue weighted by Gasteiger charge is -2.29. The standard InChI is InChI=1S/C24H26ClN5O/c1-29(21-8-3-2-4-9-21)24(31)30(17-20-7-5-6-10-22(20)25)16-19-13-11-18(12-14-19)15-28-23(26)27/h2-14H,15-17H2,1H3,(H4,26,27,28). The van der Waals surface area contributed by atoms with Gasteiger partial charge >= 0.3 is 6.03 Å². The zero-order valence-electron chi connectivity index (χ0n) is 17.4. The average Bonchev–Trinajstić information content (AvgIpc) is 2.79. The summed E-state index contributed by atoms with van der Waals surface area (Å²) >= 11 is 6.37. The molecule has 0 aliphatic carbocycles. The summed E-state index contributed by atoms with van der Waals surface area (Å²) in [5.74, 6) is 0.0598. The normalized spacial score (nSPS) is 10.4. The number of benzene rings is 3. The van der Waals surface area contributed by atoms with Gasteiger partial charge in [0, 0.05) is 30.8 Å². The number of urea groups is 1. The van der Waals surface area contributed by atoms with Gasteiger partial charge in [0.05, 0.1) is 6.54 Å². The smallest absolute Gasteiger partial charge is 0.324 e. The molecular weight excluding hydrogens is 410 g/mol. The number of rotatable bonds is 7. The predicted molar refractivity (Wildman–Crippen MR) is 127 cm³/mol. The molecule has 3 aromatic rings. The van der Waals surface area contributed by atoms with Crippen molar-refractivity contribution in [1.82, 2.24) is 4.90 Å². The summed E-state index contributed by atoms with van der Waals surface area (Å²) in [4.78, 5) is 20.8. The first-order valence-corrected chi connectivity index (χ1v) is 10.3. The van der Waals surface area contributed by atoms with E-state index in [1.54, 1.807) is 16.8 Å². The van der Waals surface area contributed by atoms with Crippen molar-refractivity contribution in [3.05, 3.63) is 101 Å². The quantitative estimate of drug-likeness (QED) is 0.426. The third-order valence-corrected chi connectivity index (χ3v) is 5.23. The van der Waals surface area contributed by atoms with Gasteiger partial charge in [-0.15, -0.1) is 0 Å². The zero-order valence-corrected chi connectivity index (χ0v) is 18.2. The molecule has 2 amide bonds. The average molecular weight is 436 g/mol. The van der Waals surface area contributed by atoms with E-state index in [4.69, 9.17) is 23.1 Å². The fourth-order valence-corrected chi connectivity index (χ4v) is 3.35. The van der Waals surface area contributed by atoms with Crippen molar-refractivity contribution in [1.29, 1.82) is 0 Å². The van der Waals surface area contributed by atoms with Crippen LogP contribution >= 0.6 is 11.6 Å². The van der Waals surface area contributed by atoms with Crippen LogP contribution in [0.15, 0.2) is 83.9 Å². The number of carbonyl (C=O) groups is 1. The number of anilines is 1. The minimum atomic E-state index is -0.115. The van der Waals surface area contributed by atoms with E-state index in [1.165, 1.54) is 0 Å². The number of guanidine groups is 1. The number of nitrogens with zero attached hydrogens (tertiary/aromatic N) is 3. The minimum Gasteiger partial charge on any atom is -0.370 e. The number of hydrogen-bond acceptors (Lipinski definition) is 2. The van der Waals surface area contributed by atoms with Crippen molar-refractivity contribution in [2.24, 2.45) is 16.5 Å². The Morgan fingerprint density at radius 3 is 2.13 bits per heavy atom. The number of aliphatic imine (C=N–C) groups is 1. The maximum absolute atomic E-state index is 13.4. The molecule has 31 heavy (non-hydrogen) atoms. The van der Waals surface area contributed by atoms with Gasteiger partial charge in [-0.25, -0.2) is 9.79 Å². The molecule has 0 aliphatic heterocycles. The third-order valence-electron chi connectivity index (χ3n) is 4.86. The Labute approximate surface area is 187 Å². The highest BCUT2D eigenvalue weighted by molar-refractivity contribution is 6.31. The van der Waals surface area contributed by atoms with Gasteiger partial charge in [-0.1, -0.05) is 72.3 Å². The Balaban J connectivity index is 1.82. The molecule has 0 atom stereocenters. The lowest BCUT2D eigenvalue weighted by Crippen LogP contribution is -2.40. The monoisotopic (exact) mass is 435 g/mol. The molecule has 0 fully saturated rings. The van der Waals surface area contributed by atoms with Gasteiger partial charge in [0.15, 0.2) is 5.96 Å². The molecule has 0 aromatic heterocycles. The Morgan fingerprint density at radius 1 is 0.871 bits per heavy atom. The van der Waals surface area contributed by atoms with Crippen LogP contribution in [-0.4, -0.2) is 23.9 Å². The second-order valence-electron chi connectivity index (χ2n) is 7.18. The molecule has 0 heterocycles. The molecule has 0 aliphatic rings. The van der Waals surface area contributed by atoms with Crippen LogP contribution in [0.4, 0.5) is 10.5 Å². The van der Waals surface area contributed by atoms with Crippen LogP contribution in [0, 0.1) is 0 Å². The number of para-hydroxylation sites is 1. The topological polar surface area (TPSA) is 88.0 Å². The van der Waals surface area contributed by atoms with Gasteiger partial charge in [0.25, 0.3) is 0 Å². The van der Waals surface area contributed by atoms with Gasteiger partial charge < -0.3 is 16.4 Å². The highest BCUT2D eigenvalue weighted by Crippen LogP contribution is 2.21. The van der Waals surface area contributed by atoms with E-state index in [2.05, 4.69) is 4.99 Å². The lowest BCUT2D eigenvalue weighted by molar-refractivity contribution is 0.200. The fraction of sp³-hybridized carbons (Fsp3) is 0.167. The highest BCUT2D eigenvalue weighted by Gasteiger charge is 2.20. The van der Waals surface area contributed by atoms with Gasteiger partial charge in [-0.05, 0) is 34.9 Å². The Morgan fingerprint density at radius 2 is 1.48 bits per heavy atom. The van der Waals surface area contributed by atoms with Crippen molar-refractivity contribution in [2.45, 2.75) is 19.6 Å². The summed E-state index contributed by atoms with van der Waals surface area (Å²) in [7, 11) is 1.77. The molecule has 0 bridgehead atoms. The molecule has 4 N–H and O–H groups in total. The molecular formula is C24H26ClN5O. The predicted octanol–water partition coefficient (Wildman–Crippen LogP) is 4.37. The van der Waals surface area contributed by atoms with Gasteiger partial charge in [0.2, 0.25) is 0 Å². The van der Waals surface area contributed by atoms with Crippen molar-refractivity contribution in [3.8, 4) is 0 Å². The zero-order chi connectivity index (χ0) is 22.2. The fourth-order valence-electron chi connectivity index (χ4n) is 3.15. The Hall–Kier alpha value is -3.51. The molecule has 0 saturated heterocycles. The van der Waals surface area contributed by atoms with E-state index in [1.807, 2.05) is 78.9 Å². The summed E-state index contributed by atoms with van der Waals surface area (Å²) in [6.07, 6.45) is 0. The summed E-state index contributed by atoms with van der Waals surface area (Å²) in [5, 5.41) is 0.634. The molecule has 6 nitrogen and oxygen atoms in total. The van der Waals surface area contributed by atoms with Crippen LogP contribution in [0.25, 0.3) is 0 Å². The second-order valence-corrected chi connectivity index (χ2v) is 7.59. The summed E-state index contributed by atoms with van der Waals surface area (Å²) in [5.41, 5.74) is 14.5. The third kappa shape index (κ3) is 6.23. The van der Waals surface area contributed by atoms with E-state index in [9.17, 15) is 4.79 Å². The van der Waals surface area contributed by atoms with Gasteiger partial charge in [-0.2, -0.15) is 0 Å². The first-order chi connectivity index (χ1) is 14.9. The highest BCUT2D eigenvalue weighted by atomic mass is 35.5. The molecule has 0 radical (unpaired) electrons. The van der Waals surface area contributed by atoms with Crippen LogP contribution in [0.3, 0.4) is 0 Å². The van der Waals surface area contributed by atoms with E-state index in [0.29, 0.717) is 24.7 Å². The Kier molecular flexibility index (Phi) is 7.51. The first-order valence-electron chi connectivity index (χ1n) is 9.88. The minimum absolute atomic E-state index is 0.0598. The van der Waals surface area contributed by atoms with Gasteiger partial charge in [0.1, 0.15) is 0 Å². The molecule has 3 aromatic carbocycles. The molecule has 160 valence electrons. The van der Waals surface area contributed by atoms with Crippen LogP contribution in [-0.2, 0) is 19.6 Å². The maximum atomic E-state index is 13.4. The summed E-state index contributed by atoms with van der Waals surface area (Å²) in [6.45, 7) is 1.25. The first kappa shape index (κ1) is 22.2. The van der Waals surface area contributed by atoms with Crippen LogP contribution in [0.2, 0.25) is 5.02 Å². The van der Waals surface area contributed by atoms with Crippen LogP contribution in [0.5, 0.6) is 0 Å². The van der Waals surface area contributed by atoms with Crippen LogP contribution < -0.4 is 16.4 Å². The number of amides is 2. The summed E-state index contributed by atoms with van der Waals surface area (Å²) < 4.78 is 0. The lowest BCUT2D eigenvalue weighted by atomic mass is 10.1. The Bertz CT molecular complexity index is 1030. The number of nitrogens with two attached hydrogens (primary N) is 2. The SMILES string of the molecule is CN(C(=O)N(Cc1ccc(CN=C(N)N)cc1)Cc1ccccc1Cl)c1ccccc1. The second kappa shape index (κ2) is 10.5. The van der Waals surface area contributed by atoms with E-state index < -0.39 is 0 Å². The molecule has 3 rings (SSSR count). The molecule has 0 saturated carbocycles. The largest absolute Gasteiger partial charge is 0.370 e. The molecule has 0 unspecified atom stereocenters. The van der Waals surface area contributed by atoms with E-state index in [-0.39, 0.29) is 12.0 Å². The van der Waals surface area contributed by atoms with Crippen molar-refractivity contribution in [2.75, 3.05) is 11.9 Å². The number of halogens is 1. The van der Waals surface area contributed by atoms with Crippen molar-refractivity contribution in [3.63, 3.8) is 0 Å². The van der Waals surface area contributed by atoms with Crippen molar-refractivity contribution < 1.29 is 4.79 Å². The number of hydrogen-bond donors (Lipinski definition) is 2. The summed E-state index contributed by atoms with van der Waals surface area (Å²) in [6, 6.07) is 24.9. The molecule has 0 spiro atoms. The molecule has 7 heteroatoms. The van der Waals surface area contributed by atoms with E-state index in [0.717, 1.165) is 22.4 Å². The van der Waals surface area contributed by atoms with Crippen molar-refractivity contribution >= 4 is 29.3 Å². The maximum Gasteiger partial charge on any atom is 0.324 e.